The van der Waals surface area contributed by atoms with Crippen molar-refractivity contribution in [1.82, 2.24) is 0 Å². The Hall–Kier alpha value is -0.840. The molecule has 2 N–H and O–H groups in total. The zero-order chi connectivity index (χ0) is 13.2. The van der Waals surface area contributed by atoms with Crippen molar-refractivity contribution in [2.24, 2.45) is 5.73 Å². The van der Waals surface area contributed by atoms with Crippen LogP contribution in [0.15, 0.2) is 40.2 Å². The monoisotopic (exact) mass is 336 g/mol. The van der Waals surface area contributed by atoms with Gasteiger partial charge in [0.25, 0.3) is 0 Å². The Kier molecular flexibility index (Phi) is 3.91. The number of halogens is 1. The predicted molar refractivity (Wildman–Crippen MR) is 85.6 cm³/mol. The van der Waals surface area contributed by atoms with Crippen molar-refractivity contribution in [1.29, 1.82) is 0 Å². The first kappa shape index (κ1) is 13.2. The minimum Gasteiger partial charge on any atom is -0.362 e. The molecule has 0 spiro atoms. The molecule has 0 atom stereocenters. The van der Waals surface area contributed by atoms with Gasteiger partial charge in [0, 0.05) is 21.9 Å². The van der Waals surface area contributed by atoms with Crippen LogP contribution in [0, 0.1) is 0 Å². The van der Waals surface area contributed by atoms with Crippen molar-refractivity contribution in [2.45, 2.75) is 32.0 Å². The number of nitrogens with zero attached hydrogens (tertiary/aromatic N) is 1. The minimum absolute atomic E-state index is 0.591. The van der Waals surface area contributed by atoms with Gasteiger partial charge in [0.1, 0.15) is 0 Å². The van der Waals surface area contributed by atoms with Gasteiger partial charge in [-0.2, -0.15) is 0 Å². The topological polar surface area (TPSA) is 29.3 Å². The van der Waals surface area contributed by atoms with Gasteiger partial charge in [-0.3, -0.25) is 0 Å². The molecule has 2 nitrogen and oxygen atoms in total. The first-order valence-corrected chi connectivity index (χ1v) is 8.22. The van der Waals surface area contributed by atoms with Crippen molar-refractivity contribution in [3.8, 4) is 0 Å². The van der Waals surface area contributed by atoms with Crippen LogP contribution >= 0.6 is 27.3 Å². The standard InChI is InChI=1S/C15H17BrN2S/c16-14-8-11(9-17)3-6-15(14)18(12-4-5-12)10-13-2-1-7-19-13/h1-3,6-8,12H,4-5,9-10,17H2. The molecule has 0 saturated heterocycles. The van der Waals surface area contributed by atoms with Crippen LogP contribution < -0.4 is 10.6 Å². The van der Waals surface area contributed by atoms with Gasteiger partial charge in [-0.05, 0) is 57.9 Å². The maximum atomic E-state index is 5.69. The molecule has 0 radical (unpaired) electrons. The lowest BCUT2D eigenvalue weighted by molar-refractivity contribution is 0.800. The van der Waals surface area contributed by atoms with Gasteiger partial charge >= 0.3 is 0 Å². The average Bonchev–Trinajstić information content (AvgIpc) is 3.14. The van der Waals surface area contributed by atoms with Crippen LogP contribution in [-0.2, 0) is 13.1 Å². The van der Waals surface area contributed by atoms with E-state index in [1.54, 1.807) is 0 Å². The molecule has 19 heavy (non-hydrogen) atoms. The van der Waals surface area contributed by atoms with Gasteiger partial charge in [-0.15, -0.1) is 11.3 Å². The molecular weight excluding hydrogens is 320 g/mol. The average molecular weight is 337 g/mol. The Morgan fingerprint density at radius 3 is 2.74 bits per heavy atom. The van der Waals surface area contributed by atoms with Crippen molar-refractivity contribution >= 4 is 33.0 Å². The summed E-state index contributed by atoms with van der Waals surface area (Å²) < 4.78 is 1.15. The molecule has 3 rings (SSSR count). The molecule has 0 bridgehead atoms. The molecular formula is C15H17BrN2S. The minimum atomic E-state index is 0.591. The molecule has 100 valence electrons. The second-order valence-corrected chi connectivity index (χ2v) is 6.81. The van der Waals surface area contributed by atoms with Gasteiger partial charge in [-0.1, -0.05) is 12.1 Å². The molecule has 1 fully saturated rings. The van der Waals surface area contributed by atoms with Crippen LogP contribution in [0.4, 0.5) is 5.69 Å². The molecule has 0 unspecified atom stereocenters. The highest BCUT2D eigenvalue weighted by Gasteiger charge is 2.30. The summed E-state index contributed by atoms with van der Waals surface area (Å²) in [6, 6.07) is 11.5. The normalized spacial score (nSPS) is 14.6. The Balaban J connectivity index is 1.87. The Morgan fingerprint density at radius 1 is 1.32 bits per heavy atom. The van der Waals surface area contributed by atoms with Crippen molar-refractivity contribution in [3.05, 3.63) is 50.6 Å². The van der Waals surface area contributed by atoms with Crippen LogP contribution in [0.1, 0.15) is 23.3 Å². The SMILES string of the molecule is NCc1ccc(N(Cc2cccs2)C2CC2)c(Br)c1. The molecule has 1 aliphatic rings. The first-order chi connectivity index (χ1) is 9.28. The predicted octanol–water partition coefficient (Wildman–Crippen LogP) is 4.14. The quantitative estimate of drug-likeness (QED) is 0.889. The zero-order valence-electron chi connectivity index (χ0n) is 10.7. The summed E-state index contributed by atoms with van der Waals surface area (Å²) in [4.78, 5) is 3.93. The number of rotatable bonds is 5. The smallest absolute Gasteiger partial charge is 0.0526 e. The van der Waals surface area contributed by atoms with E-state index in [1.165, 1.54) is 29.0 Å². The highest BCUT2D eigenvalue weighted by atomic mass is 79.9. The lowest BCUT2D eigenvalue weighted by atomic mass is 10.2. The summed E-state index contributed by atoms with van der Waals surface area (Å²) in [6.07, 6.45) is 2.60. The molecule has 4 heteroatoms. The fourth-order valence-electron chi connectivity index (χ4n) is 2.28. The number of hydrogen-bond donors (Lipinski definition) is 1. The third kappa shape index (κ3) is 3.02. The Bertz CT molecular complexity index is 549. The maximum absolute atomic E-state index is 5.69. The summed E-state index contributed by atoms with van der Waals surface area (Å²) >= 11 is 5.52. The maximum Gasteiger partial charge on any atom is 0.0526 e. The number of hydrogen-bond acceptors (Lipinski definition) is 3. The van der Waals surface area contributed by atoms with E-state index in [0.717, 1.165) is 11.0 Å². The van der Waals surface area contributed by atoms with Crippen LogP contribution in [0.5, 0.6) is 0 Å². The van der Waals surface area contributed by atoms with E-state index in [1.807, 2.05) is 11.3 Å². The zero-order valence-corrected chi connectivity index (χ0v) is 13.1. The van der Waals surface area contributed by atoms with Crippen molar-refractivity contribution in [3.63, 3.8) is 0 Å². The number of anilines is 1. The summed E-state index contributed by atoms with van der Waals surface area (Å²) in [6.45, 7) is 1.59. The van der Waals surface area contributed by atoms with Gasteiger partial charge in [0.15, 0.2) is 0 Å². The Labute approximate surface area is 126 Å². The highest BCUT2D eigenvalue weighted by molar-refractivity contribution is 9.10. The molecule has 0 aliphatic heterocycles. The summed E-state index contributed by atoms with van der Waals surface area (Å²) in [5.74, 6) is 0. The lowest BCUT2D eigenvalue weighted by Gasteiger charge is -2.25. The van der Waals surface area contributed by atoms with E-state index in [-0.39, 0.29) is 0 Å². The van der Waals surface area contributed by atoms with Gasteiger partial charge in [0.2, 0.25) is 0 Å². The van der Waals surface area contributed by atoms with E-state index in [9.17, 15) is 0 Å². The lowest BCUT2D eigenvalue weighted by Crippen LogP contribution is -2.25. The highest BCUT2D eigenvalue weighted by Crippen LogP contribution is 2.37. The van der Waals surface area contributed by atoms with Gasteiger partial charge in [0.05, 0.1) is 12.2 Å². The third-order valence-electron chi connectivity index (χ3n) is 3.45. The second kappa shape index (κ2) is 5.65. The van der Waals surface area contributed by atoms with Crippen LogP contribution in [0.25, 0.3) is 0 Å². The van der Waals surface area contributed by atoms with Crippen LogP contribution in [-0.4, -0.2) is 6.04 Å². The molecule has 2 aromatic rings. The molecule has 1 aromatic heterocycles. The van der Waals surface area contributed by atoms with Crippen LogP contribution in [0.2, 0.25) is 0 Å². The molecule has 1 aliphatic carbocycles. The van der Waals surface area contributed by atoms with Crippen molar-refractivity contribution < 1.29 is 0 Å². The number of nitrogens with two attached hydrogens (primary N) is 1. The summed E-state index contributed by atoms with van der Waals surface area (Å²) in [7, 11) is 0. The van der Waals surface area contributed by atoms with Crippen LogP contribution in [0.3, 0.4) is 0 Å². The van der Waals surface area contributed by atoms with E-state index < -0.39 is 0 Å². The molecule has 0 amide bonds. The largest absolute Gasteiger partial charge is 0.362 e. The van der Waals surface area contributed by atoms with E-state index in [2.05, 4.69) is 56.5 Å². The summed E-state index contributed by atoms with van der Waals surface area (Å²) in [5, 5.41) is 2.15. The van der Waals surface area contributed by atoms with Crippen molar-refractivity contribution in [2.75, 3.05) is 4.90 Å². The van der Waals surface area contributed by atoms with Gasteiger partial charge < -0.3 is 10.6 Å². The molecule has 1 heterocycles. The fraction of sp³-hybridized carbons (Fsp3) is 0.333. The third-order valence-corrected chi connectivity index (χ3v) is 4.95. The fourth-order valence-corrected chi connectivity index (χ4v) is 3.63. The Morgan fingerprint density at radius 2 is 2.16 bits per heavy atom. The summed E-state index contributed by atoms with van der Waals surface area (Å²) in [5.41, 5.74) is 8.15. The van der Waals surface area contributed by atoms with E-state index in [0.29, 0.717) is 12.6 Å². The molecule has 1 saturated carbocycles. The molecule has 1 aromatic carbocycles. The van der Waals surface area contributed by atoms with E-state index >= 15 is 0 Å². The van der Waals surface area contributed by atoms with E-state index in [4.69, 9.17) is 5.73 Å². The number of thiophene rings is 1. The first-order valence-electron chi connectivity index (χ1n) is 6.55. The van der Waals surface area contributed by atoms with Gasteiger partial charge in [-0.25, -0.2) is 0 Å². The number of benzene rings is 1. The second-order valence-electron chi connectivity index (χ2n) is 4.93.